The van der Waals surface area contributed by atoms with Crippen molar-refractivity contribution < 1.29 is 0 Å². The predicted octanol–water partition coefficient (Wildman–Crippen LogP) is 10.7. The summed E-state index contributed by atoms with van der Waals surface area (Å²) in [5.74, 6) is 0. The second kappa shape index (κ2) is 16.0. The van der Waals surface area contributed by atoms with E-state index in [1.165, 1.54) is 20.7 Å². The lowest BCUT2D eigenvalue weighted by atomic mass is 9.98. The van der Waals surface area contributed by atoms with Gasteiger partial charge in [-0.25, -0.2) is 9.97 Å². The smallest absolute Gasteiger partial charge is 0.179 e. The molecule has 0 amide bonds. The Morgan fingerprint density at radius 2 is 0.708 bits per heavy atom. The average molecular weight is 847 g/mol. The van der Waals surface area contributed by atoms with Gasteiger partial charge in [-0.15, -0.1) is 0 Å². The highest BCUT2D eigenvalue weighted by Gasteiger charge is 2.42. The minimum atomic E-state index is -3.09. The molecule has 0 spiro atoms. The van der Waals surface area contributed by atoms with E-state index in [1.807, 2.05) is 73.3 Å². The number of aromatic nitrogens is 6. The van der Waals surface area contributed by atoms with E-state index in [2.05, 4.69) is 158 Å². The van der Waals surface area contributed by atoms with Crippen LogP contribution >= 0.6 is 0 Å². The number of hydrogen-bond donors (Lipinski definition) is 0. The molecule has 0 saturated carbocycles. The van der Waals surface area contributed by atoms with Gasteiger partial charge in [0.2, 0.25) is 0 Å². The van der Waals surface area contributed by atoms with Crippen molar-refractivity contribution in [3.8, 4) is 45.0 Å². The Hall–Kier alpha value is -8.52. The summed E-state index contributed by atoms with van der Waals surface area (Å²) < 4.78 is 0. The molecule has 6 nitrogen and oxygen atoms in total. The second-order valence-electron chi connectivity index (χ2n) is 16.3. The van der Waals surface area contributed by atoms with Crippen molar-refractivity contribution in [1.82, 2.24) is 29.9 Å². The van der Waals surface area contributed by atoms with Crippen molar-refractivity contribution in [3.63, 3.8) is 0 Å². The van der Waals surface area contributed by atoms with Crippen molar-refractivity contribution in [2.45, 2.75) is 0 Å². The Kier molecular flexibility index (Phi) is 9.39. The summed E-state index contributed by atoms with van der Waals surface area (Å²) in [4.78, 5) is 29.7. The van der Waals surface area contributed by atoms with Gasteiger partial charge in [0.15, 0.2) is 8.07 Å². The fraction of sp³-hybridized carbons (Fsp3) is 0. The van der Waals surface area contributed by atoms with Gasteiger partial charge in [0.05, 0.1) is 44.8 Å². The van der Waals surface area contributed by atoms with Crippen LogP contribution in [0, 0.1) is 0 Å². The third kappa shape index (κ3) is 6.56. The lowest BCUT2D eigenvalue weighted by Gasteiger charge is -2.35. The molecule has 0 bridgehead atoms. The summed E-state index contributed by atoms with van der Waals surface area (Å²) in [5.41, 5.74) is 11.0. The first-order valence-corrected chi connectivity index (χ1v) is 23.7. The van der Waals surface area contributed by atoms with Crippen LogP contribution in [0.15, 0.2) is 231 Å². The number of fused-ring (bicyclic) bond motifs is 6. The Balaban J connectivity index is 1.13. The fourth-order valence-corrected chi connectivity index (χ4v) is 14.5. The fourth-order valence-electron chi connectivity index (χ4n) is 9.64. The minimum Gasteiger partial charge on any atom is -0.255 e. The lowest BCUT2D eigenvalue weighted by Crippen LogP contribution is -2.74. The van der Waals surface area contributed by atoms with Crippen LogP contribution < -0.4 is 20.7 Å². The Labute approximate surface area is 376 Å². The van der Waals surface area contributed by atoms with Crippen molar-refractivity contribution in [2.75, 3.05) is 0 Å². The molecular formula is C58H38N6Si. The molecule has 0 fully saturated rings. The topological polar surface area (TPSA) is 77.3 Å². The number of pyridine rings is 6. The quantitative estimate of drug-likeness (QED) is 0.0861. The van der Waals surface area contributed by atoms with Crippen molar-refractivity contribution in [3.05, 3.63) is 231 Å². The molecule has 6 aromatic heterocycles. The molecule has 65 heavy (non-hydrogen) atoms. The van der Waals surface area contributed by atoms with Crippen LogP contribution in [-0.4, -0.2) is 38.0 Å². The van der Waals surface area contributed by atoms with Crippen LogP contribution in [0.3, 0.4) is 0 Å². The van der Waals surface area contributed by atoms with E-state index in [4.69, 9.17) is 29.9 Å². The van der Waals surface area contributed by atoms with E-state index in [0.29, 0.717) is 0 Å². The molecular weight excluding hydrogens is 809 g/mol. The van der Waals surface area contributed by atoms with Crippen LogP contribution in [0.2, 0.25) is 0 Å². The maximum atomic E-state index is 5.25. The number of benzene rings is 6. The predicted molar refractivity (Wildman–Crippen MR) is 269 cm³/mol. The molecule has 0 radical (unpaired) electrons. The summed E-state index contributed by atoms with van der Waals surface area (Å²) in [7, 11) is -3.09. The number of rotatable bonds is 8. The zero-order chi connectivity index (χ0) is 43.2. The Bertz CT molecular complexity index is 3470. The highest BCUT2D eigenvalue weighted by molar-refractivity contribution is 7.20. The van der Waals surface area contributed by atoms with Gasteiger partial charge in [-0.1, -0.05) is 158 Å². The van der Waals surface area contributed by atoms with Crippen LogP contribution in [0.25, 0.3) is 88.6 Å². The molecule has 0 unspecified atom stereocenters. The van der Waals surface area contributed by atoms with Crippen molar-refractivity contribution in [1.29, 1.82) is 0 Å². The van der Waals surface area contributed by atoms with Crippen LogP contribution in [0.1, 0.15) is 0 Å². The SMILES string of the molecule is c1ccc([Si](c2ccccc2)(c2cccc(-c3cc(-c4ccccn4)nc4c3ccc3cccnc34)c2)c2cccc(-c3cc(-c4ccccn4)nc4c3ccc3cccnc34)c2)cc1. The van der Waals surface area contributed by atoms with E-state index < -0.39 is 8.07 Å². The standard InChI is InChI=1S/C58H38N6Si/c1-3-19-43(20-4-1)65(44-21-5-2-6-22-44,45-23-11-15-41(35-45)49-37-53(51-25-7-9-31-59-51)63-57-47(49)29-27-39-17-13-33-61-55(39)57)46-24-12-16-42(36-46)50-38-54(52-26-8-10-32-60-52)64-58-48(50)30-28-40-18-14-34-62-56(40)58/h1-38H. The van der Waals surface area contributed by atoms with Crippen molar-refractivity contribution in [2.24, 2.45) is 0 Å². The van der Waals surface area contributed by atoms with Gasteiger partial charge < -0.3 is 0 Å². The number of hydrogen-bond acceptors (Lipinski definition) is 6. The third-order valence-electron chi connectivity index (χ3n) is 12.6. The molecule has 0 N–H and O–H groups in total. The van der Waals surface area contributed by atoms with Crippen molar-refractivity contribution >= 4 is 72.4 Å². The van der Waals surface area contributed by atoms with Gasteiger partial charge in [-0.2, -0.15) is 0 Å². The monoisotopic (exact) mass is 846 g/mol. The molecule has 6 aromatic carbocycles. The average Bonchev–Trinajstić information content (AvgIpc) is 3.39. The molecule has 7 heteroatoms. The summed E-state index contributed by atoms with van der Waals surface area (Å²) in [6.45, 7) is 0. The molecule has 12 aromatic rings. The van der Waals surface area contributed by atoms with Crippen LogP contribution in [-0.2, 0) is 0 Å². The van der Waals surface area contributed by atoms with Crippen LogP contribution in [0.5, 0.6) is 0 Å². The first-order chi connectivity index (χ1) is 32.2. The van der Waals surface area contributed by atoms with Crippen LogP contribution in [0.4, 0.5) is 0 Å². The third-order valence-corrected chi connectivity index (χ3v) is 17.3. The summed E-state index contributed by atoms with van der Waals surface area (Å²) in [6.07, 6.45) is 7.34. The van der Waals surface area contributed by atoms with Gasteiger partial charge in [0, 0.05) is 46.3 Å². The van der Waals surface area contributed by atoms with Gasteiger partial charge in [0.1, 0.15) is 0 Å². The summed E-state index contributed by atoms with van der Waals surface area (Å²) in [6, 6.07) is 73.8. The summed E-state index contributed by atoms with van der Waals surface area (Å²) in [5, 5.41) is 9.26. The van der Waals surface area contributed by atoms with E-state index >= 15 is 0 Å². The molecule has 0 aliphatic rings. The molecule has 0 saturated heterocycles. The normalized spacial score (nSPS) is 11.7. The molecule has 6 heterocycles. The molecule has 0 aliphatic heterocycles. The molecule has 304 valence electrons. The lowest BCUT2D eigenvalue weighted by molar-refractivity contribution is 1.27. The van der Waals surface area contributed by atoms with E-state index in [9.17, 15) is 0 Å². The minimum absolute atomic E-state index is 0.802. The van der Waals surface area contributed by atoms with Gasteiger partial charge in [-0.3, -0.25) is 19.9 Å². The highest BCUT2D eigenvalue weighted by atomic mass is 28.3. The maximum Gasteiger partial charge on any atom is 0.179 e. The Morgan fingerprint density at radius 1 is 0.277 bits per heavy atom. The molecule has 0 atom stereocenters. The zero-order valence-corrected chi connectivity index (χ0v) is 36.1. The zero-order valence-electron chi connectivity index (χ0n) is 35.1. The van der Waals surface area contributed by atoms with Gasteiger partial charge in [0.25, 0.3) is 0 Å². The maximum absolute atomic E-state index is 5.25. The van der Waals surface area contributed by atoms with Gasteiger partial charge >= 0.3 is 0 Å². The number of nitrogens with zero attached hydrogens (tertiary/aromatic N) is 6. The first-order valence-electron chi connectivity index (χ1n) is 21.7. The van der Waals surface area contributed by atoms with E-state index in [-0.39, 0.29) is 0 Å². The van der Waals surface area contributed by atoms with E-state index in [1.54, 1.807) is 0 Å². The Morgan fingerprint density at radius 3 is 1.15 bits per heavy atom. The van der Waals surface area contributed by atoms with E-state index in [0.717, 1.165) is 88.6 Å². The van der Waals surface area contributed by atoms with Gasteiger partial charge in [-0.05, 0) is 91.5 Å². The second-order valence-corrected chi connectivity index (χ2v) is 20.1. The summed E-state index contributed by atoms with van der Waals surface area (Å²) >= 11 is 0. The largest absolute Gasteiger partial charge is 0.255 e. The first kappa shape index (κ1) is 38.2. The molecule has 0 aliphatic carbocycles. The molecule has 12 rings (SSSR count). The highest BCUT2D eigenvalue weighted by Crippen LogP contribution is 2.36.